The molecule has 0 saturated heterocycles. The molecule has 1 aliphatic rings. The van der Waals surface area contributed by atoms with Gasteiger partial charge in [0, 0.05) is 5.57 Å². The van der Waals surface area contributed by atoms with Gasteiger partial charge in [-0.1, -0.05) is 6.92 Å². The van der Waals surface area contributed by atoms with Crippen LogP contribution >= 0.6 is 0 Å². The molecular weight excluding hydrogens is 128 g/mol. The Balaban J connectivity index is 2.89. The minimum absolute atomic E-state index is 0.339. The minimum atomic E-state index is -0.429. The fourth-order valence-corrected chi connectivity index (χ4v) is 1.32. The Bertz CT molecular complexity index is 213. The number of carbonyl (C=O) groups excluding carboxylic acids is 2. The van der Waals surface area contributed by atoms with Gasteiger partial charge in [-0.3, -0.25) is 0 Å². The van der Waals surface area contributed by atoms with Crippen molar-refractivity contribution >= 4 is 12.2 Å². The lowest BCUT2D eigenvalue weighted by Crippen LogP contribution is -2.06. The van der Waals surface area contributed by atoms with Crippen molar-refractivity contribution in [2.45, 2.75) is 20.3 Å². The van der Waals surface area contributed by atoms with Gasteiger partial charge in [0.05, 0.1) is 5.41 Å². The maximum absolute atomic E-state index is 10.5. The normalized spacial score (nSPS) is 36.4. The van der Waals surface area contributed by atoms with Gasteiger partial charge in [-0.2, -0.15) is 0 Å². The molecule has 2 unspecified atom stereocenters. The molecule has 0 radical (unpaired) electrons. The second-order valence-corrected chi connectivity index (χ2v) is 2.99. The number of hydrogen-bond acceptors (Lipinski definition) is 2. The average Bonchev–Trinajstić information content (AvgIpc) is 2.61. The van der Waals surface area contributed by atoms with Crippen LogP contribution in [0.15, 0.2) is 5.57 Å². The Morgan fingerprint density at radius 1 is 1.80 bits per heavy atom. The maximum Gasteiger partial charge on any atom is 0.131 e. The molecule has 0 spiro atoms. The van der Waals surface area contributed by atoms with E-state index in [0.717, 1.165) is 12.7 Å². The van der Waals surface area contributed by atoms with Gasteiger partial charge in [0.25, 0.3) is 0 Å². The Hall–Kier alpha value is -0.880. The first-order valence-electron chi connectivity index (χ1n) is 3.36. The van der Waals surface area contributed by atoms with E-state index in [2.05, 4.69) is 0 Å². The molecule has 0 heterocycles. The van der Waals surface area contributed by atoms with Crippen molar-refractivity contribution in [1.29, 1.82) is 0 Å². The molecule has 1 fully saturated rings. The zero-order chi connectivity index (χ0) is 7.78. The van der Waals surface area contributed by atoms with Gasteiger partial charge in [-0.25, -0.2) is 4.79 Å². The zero-order valence-electron chi connectivity index (χ0n) is 6.18. The Morgan fingerprint density at radius 2 is 2.30 bits per heavy atom. The van der Waals surface area contributed by atoms with E-state index in [1.54, 1.807) is 12.9 Å². The van der Waals surface area contributed by atoms with Crippen molar-refractivity contribution in [1.82, 2.24) is 0 Å². The van der Waals surface area contributed by atoms with Crippen molar-refractivity contribution in [2.75, 3.05) is 0 Å². The number of carbonyl (C=O) groups is 1. The highest BCUT2D eigenvalue weighted by atomic mass is 16.1. The molecule has 1 saturated carbocycles. The Kier molecular flexibility index (Phi) is 1.49. The number of aldehydes is 1. The smallest absolute Gasteiger partial charge is 0.131 e. The Morgan fingerprint density at radius 3 is 2.40 bits per heavy atom. The van der Waals surface area contributed by atoms with Crippen LogP contribution in [0.5, 0.6) is 0 Å². The molecule has 54 valence electrons. The van der Waals surface area contributed by atoms with E-state index in [1.165, 1.54) is 0 Å². The lowest BCUT2D eigenvalue weighted by Gasteiger charge is -2.02. The number of allylic oxidation sites excluding steroid dienone is 1. The van der Waals surface area contributed by atoms with Crippen LogP contribution < -0.4 is 0 Å². The standard InChI is InChI=1S/C8H10O2/c1-6-3-8(6,5-10)7(2)4-9/h5-6H,3H2,1-2H3. The van der Waals surface area contributed by atoms with Crippen LogP contribution in [0.4, 0.5) is 0 Å². The molecule has 2 heteroatoms. The molecular formula is C8H10O2. The van der Waals surface area contributed by atoms with Crippen molar-refractivity contribution in [3.8, 4) is 0 Å². The van der Waals surface area contributed by atoms with E-state index in [-0.39, 0.29) is 0 Å². The monoisotopic (exact) mass is 138 g/mol. The average molecular weight is 138 g/mol. The summed E-state index contributed by atoms with van der Waals surface area (Å²) in [6, 6.07) is 0. The largest absolute Gasteiger partial charge is 0.302 e. The fraction of sp³-hybridized carbons (Fsp3) is 0.625. The van der Waals surface area contributed by atoms with Crippen LogP contribution in [-0.4, -0.2) is 12.2 Å². The summed E-state index contributed by atoms with van der Waals surface area (Å²) in [5.41, 5.74) is 0.122. The van der Waals surface area contributed by atoms with Gasteiger partial charge in [0.15, 0.2) is 0 Å². The number of rotatable bonds is 2. The topological polar surface area (TPSA) is 34.1 Å². The second-order valence-electron chi connectivity index (χ2n) is 2.99. The third kappa shape index (κ3) is 0.729. The molecule has 0 aromatic heterocycles. The summed E-state index contributed by atoms with van der Waals surface area (Å²) in [5.74, 6) is 2.12. The second kappa shape index (κ2) is 2.06. The molecule has 0 aromatic rings. The molecule has 10 heavy (non-hydrogen) atoms. The zero-order valence-corrected chi connectivity index (χ0v) is 6.18. The molecule has 2 atom stereocenters. The highest BCUT2D eigenvalue weighted by Gasteiger charge is 2.53. The predicted octanol–water partition coefficient (Wildman–Crippen LogP) is 0.989. The van der Waals surface area contributed by atoms with Gasteiger partial charge in [0.1, 0.15) is 12.2 Å². The summed E-state index contributed by atoms with van der Waals surface area (Å²) in [4.78, 5) is 20.7. The third-order valence-electron chi connectivity index (χ3n) is 2.42. The third-order valence-corrected chi connectivity index (χ3v) is 2.42. The Labute approximate surface area is 59.9 Å². The summed E-state index contributed by atoms with van der Waals surface area (Å²) in [5, 5.41) is 0. The maximum atomic E-state index is 10.5. The van der Waals surface area contributed by atoms with Gasteiger partial charge in [0.2, 0.25) is 0 Å². The molecule has 0 bridgehead atoms. The molecule has 1 aliphatic carbocycles. The van der Waals surface area contributed by atoms with Crippen molar-refractivity contribution in [3.05, 3.63) is 5.57 Å². The molecule has 0 amide bonds. The quantitative estimate of drug-likeness (QED) is 0.421. The van der Waals surface area contributed by atoms with Gasteiger partial charge in [-0.15, -0.1) is 0 Å². The summed E-state index contributed by atoms with van der Waals surface area (Å²) in [6.45, 7) is 3.64. The highest BCUT2D eigenvalue weighted by molar-refractivity contribution is 5.76. The van der Waals surface area contributed by atoms with Crippen molar-refractivity contribution in [2.24, 2.45) is 11.3 Å². The van der Waals surface area contributed by atoms with E-state index in [0.29, 0.717) is 11.5 Å². The highest BCUT2D eigenvalue weighted by Crippen LogP contribution is 2.54. The van der Waals surface area contributed by atoms with Crippen LogP contribution in [0.3, 0.4) is 0 Å². The van der Waals surface area contributed by atoms with Crippen molar-refractivity contribution in [3.63, 3.8) is 0 Å². The fourth-order valence-electron chi connectivity index (χ4n) is 1.32. The molecule has 1 rings (SSSR count). The van der Waals surface area contributed by atoms with Crippen LogP contribution in [0, 0.1) is 11.3 Å². The lowest BCUT2D eigenvalue weighted by molar-refractivity contribution is -0.111. The van der Waals surface area contributed by atoms with E-state index in [1.807, 2.05) is 6.92 Å². The van der Waals surface area contributed by atoms with Crippen LogP contribution in [0.1, 0.15) is 20.3 Å². The van der Waals surface area contributed by atoms with E-state index >= 15 is 0 Å². The SMILES string of the molecule is CC(=C=O)C1(C=O)CC1C. The molecule has 0 aromatic carbocycles. The minimum Gasteiger partial charge on any atom is -0.302 e. The van der Waals surface area contributed by atoms with E-state index in [4.69, 9.17) is 0 Å². The van der Waals surface area contributed by atoms with Crippen LogP contribution in [0.2, 0.25) is 0 Å². The van der Waals surface area contributed by atoms with Crippen molar-refractivity contribution < 1.29 is 9.59 Å². The predicted molar refractivity (Wildman–Crippen MR) is 37.2 cm³/mol. The molecule has 0 N–H and O–H groups in total. The van der Waals surface area contributed by atoms with E-state index < -0.39 is 5.41 Å². The first kappa shape index (κ1) is 7.23. The first-order chi connectivity index (χ1) is 4.67. The van der Waals surface area contributed by atoms with Gasteiger partial charge < -0.3 is 4.79 Å². The summed E-state index contributed by atoms with van der Waals surface area (Å²) in [6.07, 6.45) is 1.69. The summed E-state index contributed by atoms with van der Waals surface area (Å²) < 4.78 is 0. The number of hydrogen-bond donors (Lipinski definition) is 0. The first-order valence-corrected chi connectivity index (χ1v) is 3.36. The van der Waals surface area contributed by atoms with Gasteiger partial charge >= 0.3 is 0 Å². The van der Waals surface area contributed by atoms with Crippen LogP contribution in [0.25, 0.3) is 0 Å². The molecule has 2 nitrogen and oxygen atoms in total. The lowest BCUT2D eigenvalue weighted by atomic mass is 9.98. The summed E-state index contributed by atoms with van der Waals surface area (Å²) >= 11 is 0. The van der Waals surface area contributed by atoms with E-state index in [9.17, 15) is 9.59 Å². The summed E-state index contributed by atoms with van der Waals surface area (Å²) in [7, 11) is 0. The van der Waals surface area contributed by atoms with Crippen LogP contribution in [-0.2, 0) is 9.59 Å². The van der Waals surface area contributed by atoms with Gasteiger partial charge in [-0.05, 0) is 19.3 Å². The molecule has 0 aliphatic heterocycles.